The molecule has 4 atom stereocenters. The number of piperidine rings is 4. The second-order valence-corrected chi connectivity index (χ2v) is 5.83. The van der Waals surface area contributed by atoms with Crippen LogP contribution in [0.1, 0.15) is 31.2 Å². The Morgan fingerprint density at radius 1 is 0.941 bits per heavy atom. The largest absolute Gasteiger partial charge is 0.308 e. The van der Waals surface area contributed by atoms with E-state index >= 15 is 0 Å². The maximum atomic E-state index is 3.83. The van der Waals surface area contributed by atoms with Gasteiger partial charge in [0.1, 0.15) is 0 Å². The summed E-state index contributed by atoms with van der Waals surface area (Å²) in [5.41, 5.74) is 1.48. The molecule has 4 bridgehead atoms. The Morgan fingerprint density at radius 3 is 2.24 bits per heavy atom. The molecule has 2 nitrogen and oxygen atoms in total. The van der Waals surface area contributed by atoms with E-state index in [0.717, 1.165) is 30.7 Å². The molecule has 5 fully saturated rings. The predicted molar refractivity (Wildman–Crippen MR) is 68.7 cm³/mol. The minimum absolute atomic E-state index is 0.780. The third-order valence-electron chi connectivity index (χ3n) is 4.96. The number of fused-ring (bicyclic) bond motifs is 2. The van der Waals surface area contributed by atoms with Crippen molar-refractivity contribution in [1.29, 1.82) is 0 Å². The fraction of sp³-hybridized carbons (Fsp3) is 0.600. The van der Waals surface area contributed by atoms with Gasteiger partial charge in [0.15, 0.2) is 0 Å². The van der Waals surface area contributed by atoms with Gasteiger partial charge in [0, 0.05) is 30.7 Å². The maximum absolute atomic E-state index is 3.83. The Morgan fingerprint density at radius 2 is 1.59 bits per heavy atom. The Hall–Kier alpha value is -0.860. The third kappa shape index (κ3) is 1.54. The lowest BCUT2D eigenvalue weighted by Gasteiger charge is -2.60. The molecule has 1 aromatic rings. The topological polar surface area (TPSA) is 15.3 Å². The summed E-state index contributed by atoms with van der Waals surface area (Å²) in [6.07, 6.45) is 5.62. The number of hydrogen-bond donors (Lipinski definition) is 1. The summed E-state index contributed by atoms with van der Waals surface area (Å²) in [5, 5.41) is 3.83. The first-order chi connectivity index (χ1) is 8.42. The average Bonchev–Trinajstić information content (AvgIpc) is 2.40. The van der Waals surface area contributed by atoms with Crippen LogP contribution in [-0.4, -0.2) is 29.1 Å². The van der Waals surface area contributed by atoms with Gasteiger partial charge < -0.3 is 5.32 Å². The molecular formula is C15H20N2. The molecule has 0 amide bonds. The Kier molecular flexibility index (Phi) is 2.27. The lowest BCUT2D eigenvalue weighted by molar-refractivity contribution is -0.0631. The molecule has 1 aromatic carbocycles. The van der Waals surface area contributed by atoms with E-state index in [4.69, 9.17) is 0 Å². The predicted octanol–water partition coefficient (Wildman–Crippen LogP) is 2.15. The van der Waals surface area contributed by atoms with Crippen molar-refractivity contribution in [2.24, 2.45) is 0 Å². The standard InChI is InChI=1S/C15H20N2/c1-2-4-11(5-3-1)10-17-14-8-6-12-15(17)9-7-13(14)16-12/h1-5,12-16H,6-10H2. The van der Waals surface area contributed by atoms with Gasteiger partial charge in [-0.15, -0.1) is 0 Å². The van der Waals surface area contributed by atoms with Crippen LogP contribution >= 0.6 is 0 Å². The van der Waals surface area contributed by atoms with E-state index < -0.39 is 0 Å². The SMILES string of the molecule is c1ccc(CN2C3CCC4NC3CCC42)cc1. The van der Waals surface area contributed by atoms with Gasteiger partial charge in [0.2, 0.25) is 0 Å². The van der Waals surface area contributed by atoms with E-state index in [1.54, 1.807) is 0 Å². The van der Waals surface area contributed by atoms with Crippen molar-refractivity contribution in [1.82, 2.24) is 10.2 Å². The molecule has 5 aliphatic rings. The van der Waals surface area contributed by atoms with Crippen LogP contribution < -0.4 is 5.32 Å². The van der Waals surface area contributed by atoms with Gasteiger partial charge in [0.25, 0.3) is 0 Å². The van der Waals surface area contributed by atoms with E-state index in [2.05, 4.69) is 40.5 Å². The number of piperazine rings is 1. The minimum atomic E-state index is 0.780. The van der Waals surface area contributed by atoms with Crippen LogP contribution in [0.2, 0.25) is 0 Å². The molecule has 5 heterocycles. The van der Waals surface area contributed by atoms with Crippen LogP contribution in [-0.2, 0) is 6.54 Å². The summed E-state index contributed by atoms with van der Waals surface area (Å²) in [6, 6.07) is 14.1. The highest BCUT2D eigenvalue weighted by Gasteiger charge is 2.49. The normalized spacial score (nSPS) is 39.8. The molecule has 5 aliphatic heterocycles. The van der Waals surface area contributed by atoms with Crippen molar-refractivity contribution in [3.8, 4) is 0 Å². The highest BCUT2D eigenvalue weighted by Crippen LogP contribution is 2.40. The number of nitrogens with zero attached hydrogens (tertiary/aromatic N) is 1. The van der Waals surface area contributed by atoms with Gasteiger partial charge in [0.05, 0.1) is 0 Å². The van der Waals surface area contributed by atoms with Crippen molar-refractivity contribution < 1.29 is 0 Å². The number of benzene rings is 1. The van der Waals surface area contributed by atoms with Crippen molar-refractivity contribution >= 4 is 0 Å². The first kappa shape index (κ1) is 10.1. The van der Waals surface area contributed by atoms with E-state index in [-0.39, 0.29) is 0 Å². The molecule has 0 saturated carbocycles. The minimum Gasteiger partial charge on any atom is -0.308 e. The first-order valence-corrected chi connectivity index (χ1v) is 6.97. The Labute approximate surface area is 103 Å². The van der Waals surface area contributed by atoms with Crippen LogP contribution in [0.15, 0.2) is 30.3 Å². The molecule has 2 heteroatoms. The molecule has 90 valence electrons. The zero-order chi connectivity index (χ0) is 11.2. The van der Waals surface area contributed by atoms with Crippen LogP contribution in [0.4, 0.5) is 0 Å². The van der Waals surface area contributed by atoms with Gasteiger partial charge in [-0.2, -0.15) is 0 Å². The monoisotopic (exact) mass is 228 g/mol. The van der Waals surface area contributed by atoms with Gasteiger partial charge in [-0.3, -0.25) is 4.90 Å². The van der Waals surface area contributed by atoms with Crippen LogP contribution in [0.25, 0.3) is 0 Å². The fourth-order valence-electron chi connectivity index (χ4n) is 4.22. The lowest BCUT2D eigenvalue weighted by atomic mass is 9.73. The lowest BCUT2D eigenvalue weighted by Crippen LogP contribution is -2.73. The van der Waals surface area contributed by atoms with Crippen LogP contribution in [0.3, 0.4) is 0 Å². The zero-order valence-corrected chi connectivity index (χ0v) is 10.2. The summed E-state index contributed by atoms with van der Waals surface area (Å²) in [4.78, 5) is 2.79. The van der Waals surface area contributed by atoms with E-state index in [0.29, 0.717) is 0 Å². The van der Waals surface area contributed by atoms with Crippen LogP contribution in [0, 0.1) is 0 Å². The summed E-state index contributed by atoms with van der Waals surface area (Å²) in [6.45, 7) is 1.16. The maximum Gasteiger partial charge on any atom is 0.0257 e. The number of hydrogen-bond acceptors (Lipinski definition) is 2. The average molecular weight is 228 g/mol. The van der Waals surface area contributed by atoms with Gasteiger partial charge >= 0.3 is 0 Å². The second kappa shape index (κ2) is 3.82. The molecule has 0 aliphatic carbocycles. The third-order valence-corrected chi connectivity index (χ3v) is 4.96. The first-order valence-electron chi connectivity index (χ1n) is 6.97. The summed E-state index contributed by atoms with van der Waals surface area (Å²) in [5.74, 6) is 0. The number of nitrogens with one attached hydrogen (secondary N) is 1. The van der Waals surface area contributed by atoms with Gasteiger partial charge in [-0.1, -0.05) is 30.3 Å². The molecule has 0 aromatic heterocycles. The number of rotatable bonds is 2. The highest BCUT2D eigenvalue weighted by molar-refractivity contribution is 5.17. The van der Waals surface area contributed by atoms with Crippen molar-refractivity contribution in [3.63, 3.8) is 0 Å². The van der Waals surface area contributed by atoms with Crippen molar-refractivity contribution in [3.05, 3.63) is 35.9 Å². The zero-order valence-electron chi connectivity index (χ0n) is 10.2. The second-order valence-electron chi connectivity index (χ2n) is 5.83. The van der Waals surface area contributed by atoms with E-state index in [1.807, 2.05) is 0 Å². The summed E-state index contributed by atoms with van der Waals surface area (Å²) < 4.78 is 0. The molecule has 1 N–H and O–H groups in total. The van der Waals surface area contributed by atoms with Gasteiger partial charge in [-0.05, 0) is 31.2 Å². The Balaban J connectivity index is 1.59. The van der Waals surface area contributed by atoms with Crippen molar-refractivity contribution in [2.75, 3.05) is 0 Å². The molecular weight excluding hydrogens is 208 g/mol. The summed E-state index contributed by atoms with van der Waals surface area (Å²) >= 11 is 0. The molecule has 5 saturated heterocycles. The van der Waals surface area contributed by atoms with Gasteiger partial charge in [-0.25, -0.2) is 0 Å². The molecule has 0 radical (unpaired) electrons. The quantitative estimate of drug-likeness (QED) is 0.834. The molecule has 6 rings (SSSR count). The molecule has 17 heavy (non-hydrogen) atoms. The van der Waals surface area contributed by atoms with Crippen LogP contribution in [0.5, 0.6) is 0 Å². The molecule has 0 spiro atoms. The highest BCUT2D eigenvalue weighted by atomic mass is 15.3. The fourth-order valence-corrected chi connectivity index (χ4v) is 4.22. The van der Waals surface area contributed by atoms with E-state index in [1.165, 1.54) is 31.2 Å². The Bertz CT molecular complexity index is 385. The summed E-state index contributed by atoms with van der Waals surface area (Å²) in [7, 11) is 0. The van der Waals surface area contributed by atoms with Crippen molar-refractivity contribution in [2.45, 2.75) is 56.4 Å². The molecule has 4 unspecified atom stereocenters. The van der Waals surface area contributed by atoms with E-state index in [9.17, 15) is 0 Å². The smallest absolute Gasteiger partial charge is 0.0257 e.